The molecule has 0 aliphatic heterocycles. The molecule has 0 amide bonds. The monoisotopic (exact) mass is 207 g/mol. The zero-order chi connectivity index (χ0) is 11.1. The third-order valence-corrected chi connectivity index (χ3v) is 2.31. The molecule has 0 fully saturated rings. The summed E-state index contributed by atoms with van der Waals surface area (Å²) in [4.78, 5) is 0. The molecule has 0 aromatic heterocycles. The number of hydrogen-bond donors (Lipinski definition) is 1. The topological polar surface area (TPSA) is 35.2 Å². The Morgan fingerprint density at radius 3 is 2.73 bits per heavy atom. The zero-order valence-corrected chi connectivity index (χ0v) is 9.75. The molecular weight excluding hydrogens is 186 g/mol. The van der Waals surface area contributed by atoms with Crippen molar-refractivity contribution in [2.24, 2.45) is 5.73 Å². The molecule has 2 heteroatoms. The molecule has 0 spiro atoms. The quantitative estimate of drug-likeness (QED) is 0.728. The van der Waals surface area contributed by atoms with Gasteiger partial charge in [-0.3, -0.25) is 0 Å². The molecule has 1 aromatic rings. The number of nitrogens with two attached hydrogens (primary N) is 1. The molecule has 1 rings (SSSR count). The second-order valence-electron chi connectivity index (χ2n) is 3.90. The second-order valence-corrected chi connectivity index (χ2v) is 3.90. The van der Waals surface area contributed by atoms with Crippen molar-refractivity contribution in [2.75, 3.05) is 13.2 Å². The lowest BCUT2D eigenvalue weighted by Gasteiger charge is -2.08. The van der Waals surface area contributed by atoms with Crippen molar-refractivity contribution in [3.63, 3.8) is 0 Å². The zero-order valence-electron chi connectivity index (χ0n) is 9.75. The summed E-state index contributed by atoms with van der Waals surface area (Å²) in [5.41, 5.74) is 8.05. The Balaban J connectivity index is 2.62. The summed E-state index contributed by atoms with van der Waals surface area (Å²) < 4.78 is 5.67. The van der Waals surface area contributed by atoms with E-state index in [1.54, 1.807) is 0 Å². The number of unbranched alkanes of at least 4 members (excludes halogenated alkanes) is 1. The van der Waals surface area contributed by atoms with Gasteiger partial charge in [-0.05, 0) is 49.6 Å². The molecule has 0 bridgehead atoms. The summed E-state index contributed by atoms with van der Waals surface area (Å²) in [5.74, 6) is 0.979. The second kappa shape index (κ2) is 6.46. The van der Waals surface area contributed by atoms with E-state index in [9.17, 15) is 0 Å². The van der Waals surface area contributed by atoms with Gasteiger partial charge in [-0.15, -0.1) is 0 Å². The fourth-order valence-corrected chi connectivity index (χ4v) is 1.55. The summed E-state index contributed by atoms with van der Waals surface area (Å²) in [6, 6.07) is 6.34. The van der Waals surface area contributed by atoms with Crippen molar-refractivity contribution in [3.8, 4) is 5.75 Å². The van der Waals surface area contributed by atoms with Crippen LogP contribution in [0.4, 0.5) is 0 Å². The molecule has 15 heavy (non-hydrogen) atoms. The van der Waals surface area contributed by atoms with Gasteiger partial charge in [-0.2, -0.15) is 0 Å². The Morgan fingerprint density at radius 2 is 2.07 bits per heavy atom. The largest absolute Gasteiger partial charge is 0.494 e. The van der Waals surface area contributed by atoms with E-state index in [1.807, 2.05) is 0 Å². The van der Waals surface area contributed by atoms with Crippen molar-refractivity contribution in [1.82, 2.24) is 0 Å². The summed E-state index contributed by atoms with van der Waals surface area (Å²) >= 11 is 0. The van der Waals surface area contributed by atoms with Gasteiger partial charge in [0.1, 0.15) is 5.75 Å². The third kappa shape index (κ3) is 4.34. The predicted octanol–water partition coefficient (Wildman–Crippen LogP) is 2.68. The van der Waals surface area contributed by atoms with Crippen LogP contribution < -0.4 is 10.5 Å². The minimum absolute atomic E-state index is 0.692. The van der Waals surface area contributed by atoms with E-state index in [1.165, 1.54) is 17.5 Å². The predicted molar refractivity (Wildman–Crippen MR) is 64.3 cm³/mol. The molecule has 0 heterocycles. The average Bonchev–Trinajstić information content (AvgIpc) is 2.18. The number of benzene rings is 1. The van der Waals surface area contributed by atoms with Crippen LogP contribution in [0.5, 0.6) is 5.75 Å². The van der Waals surface area contributed by atoms with Gasteiger partial charge >= 0.3 is 0 Å². The first-order valence-electron chi connectivity index (χ1n) is 5.69. The Morgan fingerprint density at radius 1 is 1.27 bits per heavy atom. The molecule has 2 N–H and O–H groups in total. The number of aryl methyl sites for hydroxylation is 1. The maximum absolute atomic E-state index is 5.67. The SMILES string of the molecule is CCCCOc1cc(C)cc(CCN)c1. The van der Waals surface area contributed by atoms with Crippen molar-refractivity contribution in [2.45, 2.75) is 33.1 Å². The fraction of sp³-hybridized carbons (Fsp3) is 0.538. The van der Waals surface area contributed by atoms with Gasteiger partial charge in [0.25, 0.3) is 0 Å². The molecule has 0 radical (unpaired) electrons. The van der Waals surface area contributed by atoms with Crippen molar-refractivity contribution in [1.29, 1.82) is 0 Å². The van der Waals surface area contributed by atoms with Gasteiger partial charge in [0.05, 0.1) is 6.61 Å². The van der Waals surface area contributed by atoms with Gasteiger partial charge in [0.2, 0.25) is 0 Å². The highest BCUT2D eigenvalue weighted by Crippen LogP contribution is 2.17. The fourth-order valence-electron chi connectivity index (χ4n) is 1.55. The van der Waals surface area contributed by atoms with Crippen LogP contribution in [-0.4, -0.2) is 13.2 Å². The lowest BCUT2D eigenvalue weighted by Crippen LogP contribution is -2.04. The van der Waals surface area contributed by atoms with Crippen LogP contribution in [0.1, 0.15) is 30.9 Å². The Kier molecular flexibility index (Phi) is 5.19. The Hall–Kier alpha value is -1.02. The molecule has 0 aliphatic carbocycles. The Bertz CT molecular complexity index is 297. The van der Waals surface area contributed by atoms with Crippen molar-refractivity contribution >= 4 is 0 Å². The third-order valence-electron chi connectivity index (χ3n) is 2.31. The van der Waals surface area contributed by atoms with Crippen molar-refractivity contribution in [3.05, 3.63) is 29.3 Å². The molecule has 0 aliphatic rings. The van der Waals surface area contributed by atoms with Gasteiger partial charge in [-0.25, -0.2) is 0 Å². The van der Waals surface area contributed by atoms with Gasteiger partial charge in [0, 0.05) is 0 Å². The summed E-state index contributed by atoms with van der Waals surface area (Å²) in [7, 11) is 0. The highest BCUT2D eigenvalue weighted by Gasteiger charge is 1.99. The molecule has 1 aromatic carbocycles. The molecule has 0 saturated heterocycles. The highest BCUT2D eigenvalue weighted by molar-refractivity contribution is 5.34. The summed E-state index contributed by atoms with van der Waals surface area (Å²) in [5, 5.41) is 0. The maximum atomic E-state index is 5.67. The van der Waals surface area contributed by atoms with Crippen LogP contribution in [0.3, 0.4) is 0 Å². The van der Waals surface area contributed by atoms with E-state index in [4.69, 9.17) is 10.5 Å². The molecule has 2 nitrogen and oxygen atoms in total. The lowest BCUT2D eigenvalue weighted by atomic mass is 10.1. The highest BCUT2D eigenvalue weighted by atomic mass is 16.5. The van der Waals surface area contributed by atoms with E-state index in [-0.39, 0.29) is 0 Å². The Labute approximate surface area is 92.4 Å². The summed E-state index contributed by atoms with van der Waals surface area (Å²) in [6.45, 7) is 5.76. The van der Waals surface area contributed by atoms with Crippen LogP contribution in [-0.2, 0) is 6.42 Å². The van der Waals surface area contributed by atoms with Crippen molar-refractivity contribution < 1.29 is 4.74 Å². The molecule has 0 atom stereocenters. The summed E-state index contributed by atoms with van der Waals surface area (Å²) in [6.07, 6.45) is 3.20. The van der Waals surface area contributed by atoms with E-state index in [0.29, 0.717) is 6.54 Å². The van der Waals surface area contributed by atoms with Gasteiger partial charge in [-0.1, -0.05) is 19.4 Å². The standard InChI is InChI=1S/C13H21NO/c1-3-4-7-15-13-9-11(2)8-12(10-13)5-6-14/h8-10H,3-7,14H2,1-2H3. The molecular formula is C13H21NO. The number of hydrogen-bond acceptors (Lipinski definition) is 2. The van der Waals surface area contributed by atoms with Crippen LogP contribution in [0.15, 0.2) is 18.2 Å². The molecule has 0 saturated carbocycles. The number of rotatable bonds is 6. The lowest BCUT2D eigenvalue weighted by molar-refractivity contribution is 0.309. The normalized spacial score (nSPS) is 10.3. The van der Waals surface area contributed by atoms with Gasteiger partial charge in [0.15, 0.2) is 0 Å². The van der Waals surface area contributed by atoms with Crippen LogP contribution in [0, 0.1) is 6.92 Å². The smallest absolute Gasteiger partial charge is 0.119 e. The first-order chi connectivity index (χ1) is 7.26. The van der Waals surface area contributed by atoms with Crippen LogP contribution in [0.25, 0.3) is 0 Å². The van der Waals surface area contributed by atoms with E-state index in [0.717, 1.165) is 25.2 Å². The minimum Gasteiger partial charge on any atom is -0.494 e. The average molecular weight is 207 g/mol. The van der Waals surface area contributed by atoms with E-state index in [2.05, 4.69) is 32.0 Å². The molecule has 84 valence electrons. The van der Waals surface area contributed by atoms with Crippen LogP contribution in [0.2, 0.25) is 0 Å². The first-order valence-corrected chi connectivity index (χ1v) is 5.69. The first kappa shape index (κ1) is 12.1. The molecule has 0 unspecified atom stereocenters. The van der Waals surface area contributed by atoms with Crippen LogP contribution >= 0.6 is 0 Å². The minimum atomic E-state index is 0.692. The van der Waals surface area contributed by atoms with E-state index >= 15 is 0 Å². The maximum Gasteiger partial charge on any atom is 0.119 e. The van der Waals surface area contributed by atoms with E-state index < -0.39 is 0 Å². The number of ether oxygens (including phenoxy) is 1. The van der Waals surface area contributed by atoms with Gasteiger partial charge < -0.3 is 10.5 Å².